The average molecular weight is 244 g/mol. The molecule has 4 nitrogen and oxygen atoms in total. The molecule has 0 aliphatic carbocycles. The Bertz CT molecular complexity index is 182. The van der Waals surface area contributed by atoms with Crippen molar-refractivity contribution in [1.82, 2.24) is 10.2 Å². The fraction of sp³-hybridized carbons (Fsp3) is 0.923. The third-order valence-electron chi connectivity index (χ3n) is 2.78. The van der Waals surface area contributed by atoms with Gasteiger partial charge in [-0.1, -0.05) is 33.6 Å². The zero-order valence-corrected chi connectivity index (χ0v) is 11.6. The largest absolute Gasteiger partial charge is 0.370 e. The first-order valence-electron chi connectivity index (χ1n) is 6.81. The zero-order chi connectivity index (χ0) is 12.9. The van der Waals surface area contributed by atoms with Crippen LogP contribution in [0, 0.1) is 0 Å². The Morgan fingerprint density at radius 1 is 1.18 bits per heavy atom. The van der Waals surface area contributed by atoms with Crippen molar-refractivity contribution in [2.75, 3.05) is 39.4 Å². The maximum absolute atomic E-state index is 11.3. The molecule has 17 heavy (non-hydrogen) atoms. The maximum Gasteiger partial charge on any atom is 0.245 e. The summed E-state index contributed by atoms with van der Waals surface area (Å²) in [5.74, 6) is 0.000602. The number of ether oxygens (including phenoxy) is 1. The molecule has 0 bridgehead atoms. The third kappa shape index (κ3) is 10.3. The first-order valence-corrected chi connectivity index (χ1v) is 6.81. The number of hydrogen-bond acceptors (Lipinski definition) is 3. The fourth-order valence-electron chi connectivity index (χ4n) is 1.55. The molecule has 0 radical (unpaired) electrons. The van der Waals surface area contributed by atoms with Crippen LogP contribution in [0.4, 0.5) is 0 Å². The van der Waals surface area contributed by atoms with Crippen LogP contribution in [0.3, 0.4) is 0 Å². The molecule has 0 aliphatic heterocycles. The lowest BCUT2D eigenvalue weighted by Crippen LogP contribution is -2.31. The molecular weight excluding hydrogens is 216 g/mol. The van der Waals surface area contributed by atoms with Gasteiger partial charge in [0.1, 0.15) is 6.61 Å². The number of unbranched alkanes of at least 4 members (excludes halogenated alkanes) is 2. The van der Waals surface area contributed by atoms with Crippen LogP contribution in [-0.2, 0) is 9.53 Å². The highest BCUT2D eigenvalue weighted by molar-refractivity contribution is 5.77. The van der Waals surface area contributed by atoms with Gasteiger partial charge in [0.05, 0.1) is 6.61 Å². The van der Waals surface area contributed by atoms with Crippen molar-refractivity contribution >= 4 is 5.91 Å². The SMILES string of the molecule is CCCCCNC(=O)COCCN(CC)CC. The number of carbonyl (C=O) groups is 1. The van der Waals surface area contributed by atoms with E-state index in [-0.39, 0.29) is 12.5 Å². The van der Waals surface area contributed by atoms with Crippen LogP contribution >= 0.6 is 0 Å². The Morgan fingerprint density at radius 2 is 1.88 bits per heavy atom. The predicted molar refractivity (Wildman–Crippen MR) is 71.1 cm³/mol. The van der Waals surface area contributed by atoms with E-state index in [2.05, 4.69) is 31.0 Å². The van der Waals surface area contributed by atoms with Crippen LogP contribution < -0.4 is 5.32 Å². The summed E-state index contributed by atoms with van der Waals surface area (Å²) in [4.78, 5) is 13.6. The minimum absolute atomic E-state index is 0.000602. The molecule has 1 N–H and O–H groups in total. The Balaban J connectivity index is 3.32. The van der Waals surface area contributed by atoms with E-state index in [9.17, 15) is 4.79 Å². The van der Waals surface area contributed by atoms with E-state index in [4.69, 9.17) is 4.74 Å². The number of likely N-dealkylation sites (N-methyl/N-ethyl adjacent to an activating group) is 1. The van der Waals surface area contributed by atoms with Gasteiger partial charge >= 0.3 is 0 Å². The van der Waals surface area contributed by atoms with E-state index < -0.39 is 0 Å². The topological polar surface area (TPSA) is 41.6 Å². The van der Waals surface area contributed by atoms with E-state index in [1.807, 2.05) is 0 Å². The smallest absolute Gasteiger partial charge is 0.245 e. The van der Waals surface area contributed by atoms with E-state index >= 15 is 0 Å². The van der Waals surface area contributed by atoms with Gasteiger partial charge in [-0.15, -0.1) is 0 Å². The standard InChI is InChI=1S/C13H28N2O2/c1-4-7-8-9-14-13(16)12-17-11-10-15(5-2)6-3/h4-12H2,1-3H3,(H,14,16). The van der Waals surface area contributed by atoms with Gasteiger partial charge in [0, 0.05) is 13.1 Å². The van der Waals surface area contributed by atoms with Crippen molar-refractivity contribution in [2.24, 2.45) is 0 Å². The number of nitrogens with one attached hydrogen (secondary N) is 1. The molecule has 0 saturated heterocycles. The molecule has 0 aromatic rings. The second-order valence-corrected chi connectivity index (χ2v) is 4.14. The van der Waals surface area contributed by atoms with Gasteiger partial charge in [0.15, 0.2) is 0 Å². The van der Waals surface area contributed by atoms with Crippen molar-refractivity contribution in [3.05, 3.63) is 0 Å². The Hall–Kier alpha value is -0.610. The molecule has 4 heteroatoms. The molecule has 0 aromatic carbocycles. The highest BCUT2D eigenvalue weighted by Gasteiger charge is 2.02. The lowest BCUT2D eigenvalue weighted by atomic mass is 10.2. The lowest BCUT2D eigenvalue weighted by molar-refractivity contribution is -0.125. The quantitative estimate of drug-likeness (QED) is 0.562. The second-order valence-electron chi connectivity index (χ2n) is 4.14. The van der Waals surface area contributed by atoms with Crippen LogP contribution in [0.1, 0.15) is 40.0 Å². The third-order valence-corrected chi connectivity index (χ3v) is 2.78. The Kier molecular flexibility index (Phi) is 11.4. The van der Waals surface area contributed by atoms with E-state index in [0.717, 1.165) is 32.6 Å². The van der Waals surface area contributed by atoms with Crippen molar-refractivity contribution in [3.63, 3.8) is 0 Å². The number of amides is 1. The normalized spacial score (nSPS) is 10.8. The first kappa shape index (κ1) is 16.4. The van der Waals surface area contributed by atoms with Crippen molar-refractivity contribution in [3.8, 4) is 0 Å². The first-order chi connectivity index (χ1) is 8.24. The molecule has 0 atom stereocenters. The Labute approximate surface area is 106 Å². The molecule has 102 valence electrons. The van der Waals surface area contributed by atoms with E-state index in [1.54, 1.807) is 0 Å². The molecule has 0 spiro atoms. The minimum atomic E-state index is 0.000602. The molecule has 0 aromatic heterocycles. The molecular formula is C13H28N2O2. The highest BCUT2D eigenvalue weighted by Crippen LogP contribution is 1.91. The van der Waals surface area contributed by atoms with Crippen molar-refractivity contribution < 1.29 is 9.53 Å². The molecule has 0 rings (SSSR count). The van der Waals surface area contributed by atoms with Crippen molar-refractivity contribution in [1.29, 1.82) is 0 Å². The predicted octanol–water partition coefficient (Wildman–Crippen LogP) is 1.65. The van der Waals surface area contributed by atoms with Crippen LogP contribution in [0.25, 0.3) is 0 Å². The van der Waals surface area contributed by atoms with Crippen molar-refractivity contribution in [2.45, 2.75) is 40.0 Å². The Morgan fingerprint density at radius 3 is 2.47 bits per heavy atom. The maximum atomic E-state index is 11.3. The molecule has 0 unspecified atom stereocenters. The van der Waals surface area contributed by atoms with Gasteiger partial charge in [-0.25, -0.2) is 0 Å². The average Bonchev–Trinajstić information content (AvgIpc) is 2.35. The molecule has 0 fully saturated rings. The summed E-state index contributed by atoms with van der Waals surface area (Å²) in [6.45, 7) is 11.0. The van der Waals surface area contributed by atoms with E-state index in [1.165, 1.54) is 12.8 Å². The number of rotatable bonds is 11. The van der Waals surface area contributed by atoms with Gasteiger partial charge in [0.25, 0.3) is 0 Å². The fourth-order valence-corrected chi connectivity index (χ4v) is 1.55. The second kappa shape index (κ2) is 11.9. The summed E-state index contributed by atoms with van der Waals surface area (Å²) in [5.41, 5.74) is 0. The van der Waals surface area contributed by atoms with E-state index in [0.29, 0.717) is 6.61 Å². The number of carbonyl (C=O) groups excluding carboxylic acids is 1. The molecule has 0 aliphatic rings. The highest BCUT2D eigenvalue weighted by atomic mass is 16.5. The summed E-state index contributed by atoms with van der Waals surface area (Å²) < 4.78 is 5.33. The van der Waals surface area contributed by atoms with Gasteiger partial charge < -0.3 is 15.0 Å². The van der Waals surface area contributed by atoms with Crippen LogP contribution in [-0.4, -0.2) is 50.2 Å². The monoisotopic (exact) mass is 244 g/mol. The summed E-state index contributed by atoms with van der Waals surface area (Å²) in [5, 5.41) is 2.86. The van der Waals surface area contributed by atoms with Gasteiger partial charge in [-0.3, -0.25) is 4.79 Å². The summed E-state index contributed by atoms with van der Waals surface area (Å²) in [6.07, 6.45) is 3.40. The van der Waals surface area contributed by atoms with Crippen LogP contribution in [0.15, 0.2) is 0 Å². The lowest BCUT2D eigenvalue weighted by Gasteiger charge is -2.17. The summed E-state index contributed by atoms with van der Waals surface area (Å²) in [7, 11) is 0. The number of hydrogen-bond donors (Lipinski definition) is 1. The van der Waals surface area contributed by atoms with Crippen LogP contribution in [0.5, 0.6) is 0 Å². The van der Waals surface area contributed by atoms with Gasteiger partial charge in [-0.2, -0.15) is 0 Å². The molecule has 1 amide bonds. The van der Waals surface area contributed by atoms with Gasteiger partial charge in [0.2, 0.25) is 5.91 Å². The number of nitrogens with zero attached hydrogens (tertiary/aromatic N) is 1. The zero-order valence-electron chi connectivity index (χ0n) is 11.6. The van der Waals surface area contributed by atoms with Gasteiger partial charge in [-0.05, 0) is 19.5 Å². The molecule has 0 saturated carbocycles. The minimum Gasteiger partial charge on any atom is -0.370 e. The summed E-state index contributed by atoms with van der Waals surface area (Å²) in [6, 6.07) is 0. The van der Waals surface area contributed by atoms with Crippen LogP contribution in [0.2, 0.25) is 0 Å². The summed E-state index contributed by atoms with van der Waals surface area (Å²) >= 11 is 0. The molecule has 0 heterocycles.